The highest BCUT2D eigenvalue weighted by Gasteiger charge is 2.23. The average molecular weight is 374 g/mol. The van der Waals surface area contributed by atoms with E-state index in [1.54, 1.807) is 18.1 Å². The van der Waals surface area contributed by atoms with Crippen LogP contribution in [-0.2, 0) is 4.79 Å². The van der Waals surface area contributed by atoms with Crippen molar-refractivity contribution in [2.45, 2.75) is 53.5 Å². The number of fused-ring (bicyclic) bond motifs is 1. The predicted molar refractivity (Wildman–Crippen MR) is 107 cm³/mol. The number of nitrogens with zero attached hydrogens (tertiary/aromatic N) is 5. The van der Waals surface area contributed by atoms with Crippen LogP contribution in [0, 0.1) is 0 Å². The molecule has 27 heavy (non-hydrogen) atoms. The summed E-state index contributed by atoms with van der Waals surface area (Å²) in [5.74, 6) is -0.0599. The molecule has 2 rings (SSSR count). The van der Waals surface area contributed by atoms with Gasteiger partial charge in [0.15, 0.2) is 5.65 Å². The zero-order valence-corrected chi connectivity index (χ0v) is 17.5. The van der Waals surface area contributed by atoms with Gasteiger partial charge >= 0.3 is 0 Å². The summed E-state index contributed by atoms with van der Waals surface area (Å²) in [7, 11) is 1.66. The van der Waals surface area contributed by atoms with E-state index >= 15 is 0 Å². The topological polar surface area (TPSA) is 71.3 Å². The first kappa shape index (κ1) is 20.9. The SMILES string of the molecule is CCN(CC)C(=O)CN(C)C(=O)c1cc(C(C)C)nc2c1cnn2C(C)C. The molecule has 148 valence electrons. The summed E-state index contributed by atoms with van der Waals surface area (Å²) >= 11 is 0. The number of aromatic nitrogens is 3. The summed E-state index contributed by atoms with van der Waals surface area (Å²) in [5.41, 5.74) is 2.10. The van der Waals surface area contributed by atoms with E-state index in [2.05, 4.69) is 5.10 Å². The van der Waals surface area contributed by atoms with Crippen molar-refractivity contribution in [2.75, 3.05) is 26.7 Å². The van der Waals surface area contributed by atoms with Crippen LogP contribution in [0.3, 0.4) is 0 Å². The number of likely N-dealkylation sites (N-methyl/N-ethyl adjacent to an activating group) is 2. The Kier molecular flexibility index (Phi) is 6.57. The van der Waals surface area contributed by atoms with Crippen molar-refractivity contribution in [3.63, 3.8) is 0 Å². The molecule has 0 spiro atoms. The molecule has 0 fully saturated rings. The highest BCUT2D eigenvalue weighted by atomic mass is 16.2. The Bertz CT molecular complexity index is 821. The molecule has 0 radical (unpaired) electrons. The van der Waals surface area contributed by atoms with E-state index in [0.29, 0.717) is 24.3 Å². The molecule has 2 aromatic rings. The molecule has 7 nitrogen and oxygen atoms in total. The highest BCUT2D eigenvalue weighted by Crippen LogP contribution is 2.25. The van der Waals surface area contributed by atoms with Gasteiger partial charge in [0, 0.05) is 31.9 Å². The highest BCUT2D eigenvalue weighted by molar-refractivity contribution is 6.06. The predicted octanol–water partition coefficient (Wildman–Crippen LogP) is 3.08. The van der Waals surface area contributed by atoms with Crippen molar-refractivity contribution in [1.82, 2.24) is 24.6 Å². The second-order valence-electron chi connectivity index (χ2n) is 7.40. The van der Waals surface area contributed by atoms with Crippen LogP contribution in [0.25, 0.3) is 11.0 Å². The van der Waals surface area contributed by atoms with Gasteiger partial charge in [-0.05, 0) is 39.7 Å². The molecule has 0 aliphatic carbocycles. The van der Waals surface area contributed by atoms with Crippen LogP contribution in [0.4, 0.5) is 0 Å². The maximum atomic E-state index is 13.1. The lowest BCUT2D eigenvalue weighted by Crippen LogP contribution is -2.41. The Morgan fingerprint density at radius 3 is 2.30 bits per heavy atom. The largest absolute Gasteiger partial charge is 0.342 e. The van der Waals surface area contributed by atoms with Crippen LogP contribution in [0.2, 0.25) is 0 Å². The number of rotatable bonds is 7. The smallest absolute Gasteiger partial charge is 0.254 e. The molecular weight excluding hydrogens is 342 g/mol. The lowest BCUT2D eigenvalue weighted by Gasteiger charge is -2.23. The average Bonchev–Trinajstić information content (AvgIpc) is 3.05. The summed E-state index contributed by atoms with van der Waals surface area (Å²) in [6.07, 6.45) is 1.69. The van der Waals surface area contributed by atoms with Gasteiger partial charge in [-0.25, -0.2) is 9.67 Å². The monoisotopic (exact) mass is 373 g/mol. The standard InChI is InChI=1S/C20H31N5O2/c1-8-24(9-2)18(26)12-23(7)20(27)15-10-17(13(3)4)22-19-16(15)11-21-25(19)14(5)6/h10-11,13-14H,8-9,12H2,1-7H3. The number of hydrogen-bond acceptors (Lipinski definition) is 4. The Morgan fingerprint density at radius 1 is 1.15 bits per heavy atom. The van der Waals surface area contributed by atoms with Gasteiger partial charge < -0.3 is 9.80 Å². The molecule has 0 atom stereocenters. The Balaban J connectivity index is 2.44. The molecule has 2 aromatic heterocycles. The van der Waals surface area contributed by atoms with Gasteiger partial charge in [0.25, 0.3) is 5.91 Å². The minimum Gasteiger partial charge on any atom is -0.342 e. The maximum absolute atomic E-state index is 13.1. The fourth-order valence-corrected chi connectivity index (χ4v) is 3.04. The molecule has 0 saturated carbocycles. The molecule has 7 heteroatoms. The molecule has 2 amide bonds. The van der Waals surface area contributed by atoms with Crippen molar-refractivity contribution in [1.29, 1.82) is 0 Å². The number of amides is 2. The zero-order valence-electron chi connectivity index (χ0n) is 17.5. The molecule has 0 N–H and O–H groups in total. The van der Waals surface area contributed by atoms with Gasteiger partial charge in [-0.3, -0.25) is 9.59 Å². The van der Waals surface area contributed by atoms with Gasteiger partial charge in [0.1, 0.15) is 0 Å². The Labute approximate surface area is 161 Å². The van der Waals surface area contributed by atoms with Crippen LogP contribution < -0.4 is 0 Å². The third-order valence-electron chi connectivity index (χ3n) is 4.73. The summed E-state index contributed by atoms with van der Waals surface area (Å²) in [4.78, 5) is 33.5. The molecule has 0 saturated heterocycles. The van der Waals surface area contributed by atoms with Crippen LogP contribution >= 0.6 is 0 Å². The first-order valence-corrected chi connectivity index (χ1v) is 9.62. The third-order valence-corrected chi connectivity index (χ3v) is 4.73. The van der Waals surface area contributed by atoms with E-state index in [-0.39, 0.29) is 30.3 Å². The molecule has 0 aliphatic rings. The number of hydrogen-bond donors (Lipinski definition) is 0. The Morgan fingerprint density at radius 2 is 1.78 bits per heavy atom. The molecule has 0 bridgehead atoms. The van der Waals surface area contributed by atoms with E-state index in [0.717, 1.165) is 11.1 Å². The van der Waals surface area contributed by atoms with E-state index in [9.17, 15) is 9.59 Å². The quantitative estimate of drug-likeness (QED) is 0.748. The third kappa shape index (κ3) is 4.28. The molecule has 0 unspecified atom stereocenters. The number of carbonyl (C=O) groups excluding carboxylic acids is 2. The minimum atomic E-state index is -0.187. The lowest BCUT2D eigenvalue weighted by atomic mass is 10.0. The normalized spacial score (nSPS) is 11.4. The molecular formula is C20H31N5O2. The second-order valence-corrected chi connectivity index (χ2v) is 7.40. The van der Waals surface area contributed by atoms with Crippen LogP contribution in [0.15, 0.2) is 12.3 Å². The first-order valence-electron chi connectivity index (χ1n) is 9.62. The van der Waals surface area contributed by atoms with Crippen molar-refractivity contribution < 1.29 is 9.59 Å². The second kappa shape index (κ2) is 8.50. The summed E-state index contributed by atoms with van der Waals surface area (Å²) in [6.45, 7) is 13.4. The fraction of sp³-hybridized carbons (Fsp3) is 0.600. The Hall–Kier alpha value is -2.44. The van der Waals surface area contributed by atoms with Gasteiger partial charge in [-0.2, -0.15) is 5.10 Å². The van der Waals surface area contributed by atoms with Crippen molar-refractivity contribution in [3.05, 3.63) is 23.5 Å². The molecule has 2 heterocycles. The molecule has 0 aromatic carbocycles. The minimum absolute atomic E-state index is 0.0527. The van der Waals surface area contributed by atoms with E-state index in [1.807, 2.05) is 52.3 Å². The van der Waals surface area contributed by atoms with Gasteiger partial charge in [0.05, 0.1) is 23.7 Å². The lowest BCUT2D eigenvalue weighted by molar-refractivity contribution is -0.131. The maximum Gasteiger partial charge on any atom is 0.254 e. The van der Waals surface area contributed by atoms with Crippen molar-refractivity contribution in [2.24, 2.45) is 0 Å². The summed E-state index contributed by atoms with van der Waals surface area (Å²) in [6, 6.07) is 1.97. The van der Waals surface area contributed by atoms with Crippen molar-refractivity contribution >= 4 is 22.8 Å². The molecule has 0 aliphatic heterocycles. The van der Waals surface area contributed by atoms with Gasteiger partial charge in [0.2, 0.25) is 5.91 Å². The number of pyridine rings is 1. The number of carbonyl (C=O) groups is 2. The summed E-state index contributed by atoms with van der Waals surface area (Å²) < 4.78 is 1.83. The fourth-order valence-electron chi connectivity index (χ4n) is 3.04. The van der Waals surface area contributed by atoms with Crippen LogP contribution in [-0.4, -0.2) is 63.1 Å². The van der Waals surface area contributed by atoms with Crippen LogP contribution in [0.1, 0.15) is 69.6 Å². The zero-order chi connectivity index (χ0) is 20.3. The van der Waals surface area contributed by atoms with Crippen molar-refractivity contribution in [3.8, 4) is 0 Å². The summed E-state index contributed by atoms with van der Waals surface area (Å²) in [5, 5.41) is 5.14. The first-order chi connectivity index (χ1) is 12.7. The van der Waals surface area contributed by atoms with Gasteiger partial charge in [-0.1, -0.05) is 13.8 Å². The van der Waals surface area contributed by atoms with E-state index < -0.39 is 0 Å². The van der Waals surface area contributed by atoms with Gasteiger partial charge in [-0.15, -0.1) is 0 Å². The van der Waals surface area contributed by atoms with Crippen LogP contribution in [0.5, 0.6) is 0 Å². The van der Waals surface area contributed by atoms with E-state index in [1.165, 1.54) is 4.90 Å². The van der Waals surface area contributed by atoms with E-state index in [4.69, 9.17) is 4.98 Å².